The molecule has 1 unspecified atom stereocenters. The number of hydrogen-bond donors (Lipinski definition) is 1. The molecule has 2 aromatic rings. The molecule has 1 amide bonds. The van der Waals surface area contributed by atoms with Crippen LogP contribution in [0.15, 0.2) is 36.4 Å². The van der Waals surface area contributed by atoms with Crippen LogP contribution in [-0.2, 0) is 9.67 Å². The van der Waals surface area contributed by atoms with Crippen molar-refractivity contribution in [3.8, 4) is 5.75 Å². The second-order valence-corrected chi connectivity index (χ2v) is 6.26. The van der Waals surface area contributed by atoms with E-state index in [0.29, 0.717) is 5.56 Å². The molecule has 4 nitrogen and oxygen atoms in total. The minimum Gasteiger partial charge on any atom is -0.495 e. The van der Waals surface area contributed by atoms with E-state index < -0.39 is 16.6 Å². The predicted octanol–water partition coefficient (Wildman–Crippen LogP) is 4.27. The number of nitrogens with one attached hydrogen (secondary N) is 1. The average molecular weight is 371 g/mol. The number of ether oxygens (including phenoxy) is 1. The van der Waals surface area contributed by atoms with Crippen molar-refractivity contribution in [2.24, 2.45) is 0 Å². The number of halogens is 3. The molecule has 0 spiro atoms. The number of rotatable bonds is 2. The Morgan fingerprint density at radius 3 is 2.35 bits per heavy atom. The zero-order valence-corrected chi connectivity index (χ0v) is 14.1. The molecule has 0 radical (unpaired) electrons. The summed E-state index contributed by atoms with van der Waals surface area (Å²) in [6.07, 6.45) is 0. The third-order valence-corrected chi connectivity index (χ3v) is 5.09. The molecule has 0 saturated heterocycles. The Bertz CT molecular complexity index is 823. The van der Waals surface area contributed by atoms with Gasteiger partial charge in [-0.25, -0.2) is 0 Å². The molecular formula is C16H10Cl3NO3. The lowest BCUT2D eigenvalue weighted by molar-refractivity contribution is -0.117. The molecule has 0 bridgehead atoms. The van der Waals surface area contributed by atoms with Crippen molar-refractivity contribution in [2.75, 3.05) is 12.4 Å². The highest BCUT2D eigenvalue weighted by Crippen LogP contribution is 2.47. The van der Waals surface area contributed by atoms with Crippen LogP contribution < -0.4 is 10.1 Å². The number of carbonyl (C=O) groups is 2. The Morgan fingerprint density at radius 1 is 1.09 bits per heavy atom. The number of Topliss-reactive ketones (excluding diaryl/α,β-unsaturated/α-hetero) is 1. The number of ketones is 1. The van der Waals surface area contributed by atoms with Crippen LogP contribution in [0, 0.1) is 0 Å². The van der Waals surface area contributed by atoms with Crippen molar-refractivity contribution < 1.29 is 14.3 Å². The summed E-state index contributed by atoms with van der Waals surface area (Å²) in [4.78, 5) is 23.6. The van der Waals surface area contributed by atoms with E-state index >= 15 is 0 Å². The van der Waals surface area contributed by atoms with E-state index in [0.717, 1.165) is 0 Å². The van der Waals surface area contributed by atoms with Crippen molar-refractivity contribution in [1.82, 2.24) is 0 Å². The normalized spacial score (nSPS) is 20.0. The first-order valence-electron chi connectivity index (χ1n) is 6.58. The second-order valence-electron chi connectivity index (χ2n) is 4.94. The van der Waals surface area contributed by atoms with E-state index in [1.165, 1.54) is 13.2 Å². The SMILES string of the molecule is COc1cc2c(c(Cl)c1Cl)NC(=O)C(Cl)(c1ccccc1)C2=O. The number of anilines is 1. The predicted molar refractivity (Wildman–Crippen MR) is 89.9 cm³/mol. The summed E-state index contributed by atoms with van der Waals surface area (Å²) in [6, 6.07) is 9.82. The van der Waals surface area contributed by atoms with E-state index in [2.05, 4.69) is 5.32 Å². The number of hydrogen-bond acceptors (Lipinski definition) is 3. The van der Waals surface area contributed by atoms with E-state index in [4.69, 9.17) is 39.5 Å². The van der Waals surface area contributed by atoms with Crippen LogP contribution in [-0.4, -0.2) is 18.8 Å². The number of carbonyl (C=O) groups excluding carboxylic acids is 2. The van der Waals surface area contributed by atoms with Crippen molar-refractivity contribution in [2.45, 2.75) is 4.87 Å². The van der Waals surface area contributed by atoms with Gasteiger partial charge in [-0.3, -0.25) is 9.59 Å². The zero-order valence-electron chi connectivity index (χ0n) is 11.8. The number of methoxy groups -OCH3 is 1. The lowest BCUT2D eigenvalue weighted by Crippen LogP contribution is -2.46. The maximum atomic E-state index is 12.9. The molecule has 1 N–H and O–H groups in total. The van der Waals surface area contributed by atoms with E-state index in [1.807, 2.05) is 0 Å². The average Bonchev–Trinajstić information content (AvgIpc) is 2.57. The van der Waals surface area contributed by atoms with Gasteiger partial charge in [0.1, 0.15) is 10.8 Å². The van der Waals surface area contributed by atoms with E-state index in [9.17, 15) is 9.59 Å². The van der Waals surface area contributed by atoms with Crippen LogP contribution in [0.3, 0.4) is 0 Å². The zero-order chi connectivity index (χ0) is 16.8. The Morgan fingerprint density at radius 2 is 1.74 bits per heavy atom. The van der Waals surface area contributed by atoms with Crippen LogP contribution in [0.2, 0.25) is 10.0 Å². The molecule has 0 saturated carbocycles. The summed E-state index contributed by atoms with van der Waals surface area (Å²) in [5.74, 6) is -1.03. The van der Waals surface area contributed by atoms with Gasteiger partial charge < -0.3 is 10.1 Å². The van der Waals surface area contributed by atoms with Gasteiger partial charge in [-0.1, -0.05) is 65.1 Å². The Kier molecular flexibility index (Phi) is 4.00. The van der Waals surface area contributed by atoms with Gasteiger partial charge in [-0.15, -0.1) is 0 Å². The third kappa shape index (κ3) is 2.29. The van der Waals surface area contributed by atoms with E-state index in [-0.39, 0.29) is 27.0 Å². The van der Waals surface area contributed by atoms with Crippen LogP contribution in [0.25, 0.3) is 0 Å². The summed E-state index contributed by atoms with van der Waals surface area (Å²) in [7, 11) is 1.40. The third-order valence-electron chi connectivity index (χ3n) is 3.67. The quantitative estimate of drug-likeness (QED) is 0.634. The highest BCUT2D eigenvalue weighted by Gasteiger charge is 2.50. The summed E-state index contributed by atoms with van der Waals surface area (Å²) in [5, 5.41) is 2.73. The fourth-order valence-corrected chi connectivity index (χ4v) is 3.21. The Hall–Kier alpha value is -1.75. The van der Waals surface area contributed by atoms with Gasteiger partial charge in [0.15, 0.2) is 5.78 Å². The fraction of sp³-hybridized carbons (Fsp3) is 0.125. The monoisotopic (exact) mass is 369 g/mol. The summed E-state index contributed by atoms with van der Waals surface area (Å²) < 4.78 is 5.12. The number of fused-ring (bicyclic) bond motifs is 1. The molecule has 7 heteroatoms. The van der Waals surface area contributed by atoms with Gasteiger partial charge in [-0.2, -0.15) is 0 Å². The smallest absolute Gasteiger partial charge is 0.258 e. The largest absolute Gasteiger partial charge is 0.495 e. The van der Waals surface area contributed by atoms with Gasteiger partial charge in [-0.05, 0) is 11.6 Å². The summed E-state index contributed by atoms with van der Waals surface area (Å²) >= 11 is 18.6. The minimum absolute atomic E-state index is 0.0366. The fourth-order valence-electron chi connectivity index (χ4n) is 2.47. The number of benzene rings is 2. The highest BCUT2D eigenvalue weighted by atomic mass is 35.5. The molecule has 1 aliphatic heterocycles. The first kappa shape index (κ1) is 16.1. The highest BCUT2D eigenvalue weighted by molar-refractivity contribution is 6.53. The first-order valence-corrected chi connectivity index (χ1v) is 7.71. The van der Waals surface area contributed by atoms with Gasteiger partial charge in [0.25, 0.3) is 5.91 Å². The van der Waals surface area contributed by atoms with Crippen molar-refractivity contribution in [3.05, 3.63) is 57.6 Å². The molecule has 2 aromatic carbocycles. The van der Waals surface area contributed by atoms with Crippen molar-refractivity contribution >= 4 is 52.2 Å². The maximum Gasteiger partial charge on any atom is 0.258 e. The second kappa shape index (κ2) is 5.71. The van der Waals surface area contributed by atoms with Crippen LogP contribution in [0.5, 0.6) is 5.75 Å². The number of alkyl halides is 1. The molecule has 1 heterocycles. The van der Waals surface area contributed by atoms with Gasteiger partial charge in [0.2, 0.25) is 4.87 Å². The molecule has 1 aliphatic rings. The van der Waals surface area contributed by atoms with Crippen molar-refractivity contribution in [1.29, 1.82) is 0 Å². The van der Waals surface area contributed by atoms with E-state index in [1.54, 1.807) is 30.3 Å². The molecule has 1 atom stereocenters. The van der Waals surface area contributed by atoms with Gasteiger partial charge in [0.05, 0.1) is 17.8 Å². The van der Waals surface area contributed by atoms with Crippen molar-refractivity contribution in [3.63, 3.8) is 0 Å². The summed E-state index contributed by atoms with van der Waals surface area (Å²) in [5.41, 5.74) is 0.661. The topological polar surface area (TPSA) is 55.4 Å². The molecule has 23 heavy (non-hydrogen) atoms. The summed E-state index contributed by atoms with van der Waals surface area (Å²) in [6.45, 7) is 0. The molecule has 0 aromatic heterocycles. The lowest BCUT2D eigenvalue weighted by Gasteiger charge is -2.31. The molecule has 3 rings (SSSR count). The molecule has 118 valence electrons. The lowest BCUT2D eigenvalue weighted by atomic mass is 9.85. The molecular weight excluding hydrogens is 361 g/mol. The van der Waals surface area contributed by atoms with Crippen LogP contribution in [0.4, 0.5) is 5.69 Å². The molecule has 0 fully saturated rings. The standard InChI is InChI=1S/C16H10Cl3NO3/c1-23-10-7-9-13(12(18)11(10)17)20-15(22)16(19,14(9)21)8-5-3-2-4-6-8/h2-7H,1H3,(H,20,22). The van der Waals surface area contributed by atoms with Gasteiger partial charge >= 0.3 is 0 Å². The Balaban J connectivity index is 2.24. The minimum atomic E-state index is -1.86. The van der Waals surface area contributed by atoms with Gasteiger partial charge in [0, 0.05) is 5.56 Å². The van der Waals surface area contributed by atoms with Crippen LogP contribution >= 0.6 is 34.8 Å². The Labute approximate surface area is 147 Å². The first-order chi connectivity index (χ1) is 10.9. The maximum absolute atomic E-state index is 12.9. The van der Waals surface area contributed by atoms with Crippen LogP contribution in [0.1, 0.15) is 15.9 Å². The number of amides is 1. The molecule has 0 aliphatic carbocycles.